The molecular formula is C11H10N4OS2. The number of thiocarbonyl (C=S) groups is 1. The number of hydrogen-bond acceptors (Lipinski definition) is 4. The summed E-state index contributed by atoms with van der Waals surface area (Å²) in [5, 5.41) is 0. The molecule has 0 aliphatic carbocycles. The Kier molecular flexibility index (Phi) is 3.96. The first kappa shape index (κ1) is 12.6. The lowest BCUT2D eigenvalue weighted by molar-refractivity contribution is 0.686. The number of benzene rings is 1. The number of aromatic nitrogens is 2. The highest BCUT2D eigenvalue weighted by atomic mass is 32.2. The van der Waals surface area contributed by atoms with E-state index in [9.17, 15) is 4.21 Å². The maximum atomic E-state index is 12.0. The standard InChI is InChI=1S/C11H10N4OS2/c12-10(17)8-2-4-9(5-3-8)18(16)15-11-13-6-1-7-14-11/h1-7H,(H2,12,17)(H,13,14,15). The molecule has 0 spiro atoms. The van der Waals surface area contributed by atoms with Crippen LogP contribution in [0.5, 0.6) is 0 Å². The molecule has 0 saturated heterocycles. The molecule has 2 aromatic rings. The van der Waals surface area contributed by atoms with Gasteiger partial charge in [0.1, 0.15) is 4.99 Å². The van der Waals surface area contributed by atoms with Gasteiger partial charge in [0.05, 0.1) is 4.90 Å². The van der Waals surface area contributed by atoms with Gasteiger partial charge in [-0.1, -0.05) is 24.4 Å². The zero-order valence-corrected chi connectivity index (χ0v) is 10.9. The second-order valence-corrected chi connectivity index (χ2v) is 4.98. The molecule has 1 aromatic heterocycles. The van der Waals surface area contributed by atoms with E-state index in [2.05, 4.69) is 14.7 Å². The molecule has 0 aliphatic rings. The van der Waals surface area contributed by atoms with Crippen molar-refractivity contribution in [1.82, 2.24) is 9.97 Å². The van der Waals surface area contributed by atoms with E-state index in [1.54, 1.807) is 42.7 Å². The second-order valence-electron chi connectivity index (χ2n) is 3.33. The minimum Gasteiger partial charge on any atom is -0.389 e. The highest BCUT2D eigenvalue weighted by Crippen LogP contribution is 2.10. The summed E-state index contributed by atoms with van der Waals surface area (Å²) in [6.45, 7) is 0. The maximum Gasteiger partial charge on any atom is 0.234 e. The van der Waals surface area contributed by atoms with Crippen LogP contribution >= 0.6 is 12.2 Å². The lowest BCUT2D eigenvalue weighted by Crippen LogP contribution is -2.10. The monoisotopic (exact) mass is 278 g/mol. The van der Waals surface area contributed by atoms with Crippen molar-refractivity contribution < 1.29 is 4.21 Å². The summed E-state index contributed by atoms with van der Waals surface area (Å²) < 4.78 is 14.6. The summed E-state index contributed by atoms with van der Waals surface area (Å²) in [6.07, 6.45) is 3.14. The van der Waals surface area contributed by atoms with Crippen LogP contribution in [-0.4, -0.2) is 19.2 Å². The molecule has 0 bridgehead atoms. The van der Waals surface area contributed by atoms with Crippen LogP contribution in [0, 0.1) is 0 Å². The first-order chi connectivity index (χ1) is 8.66. The summed E-state index contributed by atoms with van der Waals surface area (Å²) in [4.78, 5) is 8.78. The van der Waals surface area contributed by atoms with E-state index in [0.29, 0.717) is 15.8 Å². The Labute approximate surface area is 112 Å². The molecule has 1 aromatic carbocycles. The molecule has 0 amide bonds. The number of hydrogen-bond donors (Lipinski definition) is 2. The van der Waals surface area contributed by atoms with Crippen molar-refractivity contribution in [2.75, 3.05) is 4.72 Å². The zero-order valence-electron chi connectivity index (χ0n) is 9.24. The first-order valence-corrected chi connectivity index (χ1v) is 6.58. The normalized spacial score (nSPS) is 11.8. The molecular weight excluding hydrogens is 268 g/mol. The molecule has 18 heavy (non-hydrogen) atoms. The van der Waals surface area contributed by atoms with E-state index in [1.807, 2.05) is 0 Å². The summed E-state index contributed by atoms with van der Waals surface area (Å²) >= 11 is 4.84. The Balaban J connectivity index is 2.12. The zero-order chi connectivity index (χ0) is 13.0. The van der Waals surface area contributed by atoms with Gasteiger partial charge in [0.25, 0.3) is 0 Å². The van der Waals surface area contributed by atoms with Crippen LogP contribution in [0.3, 0.4) is 0 Å². The molecule has 1 unspecified atom stereocenters. The third-order valence-corrected chi connectivity index (χ3v) is 3.41. The van der Waals surface area contributed by atoms with E-state index in [0.717, 1.165) is 5.56 Å². The molecule has 92 valence electrons. The Morgan fingerprint density at radius 2 is 1.83 bits per heavy atom. The fourth-order valence-corrected chi connectivity index (χ4v) is 2.14. The van der Waals surface area contributed by atoms with Gasteiger partial charge in [-0.25, -0.2) is 14.2 Å². The number of nitrogens with zero attached hydrogens (tertiary/aromatic N) is 2. The van der Waals surface area contributed by atoms with Crippen molar-refractivity contribution >= 4 is 34.1 Å². The Bertz CT molecular complexity index is 571. The van der Waals surface area contributed by atoms with Gasteiger partial charge in [-0.05, 0) is 18.2 Å². The number of rotatable bonds is 4. The minimum atomic E-state index is -1.41. The van der Waals surface area contributed by atoms with Gasteiger partial charge < -0.3 is 5.73 Å². The average Bonchev–Trinajstić information content (AvgIpc) is 2.40. The molecule has 1 heterocycles. The summed E-state index contributed by atoms with van der Waals surface area (Å²) in [5.74, 6) is 0.314. The van der Waals surface area contributed by atoms with E-state index in [-0.39, 0.29) is 0 Å². The van der Waals surface area contributed by atoms with Crippen molar-refractivity contribution in [1.29, 1.82) is 0 Å². The summed E-state index contributed by atoms with van der Waals surface area (Å²) in [5.41, 5.74) is 6.22. The van der Waals surface area contributed by atoms with Crippen LogP contribution in [0.1, 0.15) is 5.56 Å². The van der Waals surface area contributed by atoms with Gasteiger partial charge in [0.2, 0.25) is 5.95 Å². The molecule has 2 rings (SSSR count). The van der Waals surface area contributed by atoms with Gasteiger partial charge in [0.15, 0.2) is 11.0 Å². The van der Waals surface area contributed by atoms with Gasteiger partial charge in [-0.15, -0.1) is 0 Å². The van der Waals surface area contributed by atoms with Crippen LogP contribution in [-0.2, 0) is 11.0 Å². The molecule has 0 saturated carbocycles. The van der Waals surface area contributed by atoms with Crippen molar-refractivity contribution in [2.24, 2.45) is 5.73 Å². The molecule has 0 aliphatic heterocycles. The Morgan fingerprint density at radius 3 is 2.39 bits per heavy atom. The molecule has 3 N–H and O–H groups in total. The van der Waals surface area contributed by atoms with Crippen LogP contribution in [0.15, 0.2) is 47.6 Å². The summed E-state index contributed by atoms with van der Waals surface area (Å²) in [6, 6.07) is 8.53. The first-order valence-electron chi connectivity index (χ1n) is 5.02. The molecule has 5 nitrogen and oxygen atoms in total. The molecule has 0 radical (unpaired) electrons. The van der Waals surface area contributed by atoms with E-state index in [1.165, 1.54) is 0 Å². The van der Waals surface area contributed by atoms with Crippen molar-refractivity contribution in [3.63, 3.8) is 0 Å². The van der Waals surface area contributed by atoms with E-state index >= 15 is 0 Å². The van der Waals surface area contributed by atoms with E-state index < -0.39 is 11.0 Å². The second kappa shape index (κ2) is 5.65. The number of anilines is 1. The quantitative estimate of drug-likeness (QED) is 0.823. The van der Waals surface area contributed by atoms with Gasteiger partial charge in [-0.2, -0.15) is 0 Å². The molecule has 0 fully saturated rings. The third-order valence-electron chi connectivity index (χ3n) is 2.10. The fraction of sp³-hybridized carbons (Fsp3) is 0. The predicted octanol–water partition coefficient (Wildman–Crippen LogP) is 1.25. The number of nitrogens with one attached hydrogen (secondary N) is 1. The molecule has 1 atom stereocenters. The fourth-order valence-electron chi connectivity index (χ4n) is 1.24. The van der Waals surface area contributed by atoms with Crippen LogP contribution in [0.2, 0.25) is 0 Å². The smallest absolute Gasteiger partial charge is 0.234 e. The molecule has 7 heteroatoms. The van der Waals surface area contributed by atoms with Gasteiger partial charge in [0, 0.05) is 18.0 Å². The van der Waals surface area contributed by atoms with Crippen LogP contribution in [0.25, 0.3) is 0 Å². The average molecular weight is 278 g/mol. The SMILES string of the molecule is NC(=S)c1ccc(S(=O)Nc2ncccn2)cc1. The maximum absolute atomic E-state index is 12.0. The van der Waals surface area contributed by atoms with Crippen LogP contribution < -0.4 is 10.5 Å². The highest BCUT2D eigenvalue weighted by molar-refractivity contribution is 7.86. The largest absolute Gasteiger partial charge is 0.389 e. The van der Waals surface area contributed by atoms with Crippen molar-refractivity contribution in [3.05, 3.63) is 48.3 Å². The highest BCUT2D eigenvalue weighted by Gasteiger charge is 2.05. The Morgan fingerprint density at radius 1 is 1.22 bits per heavy atom. The summed E-state index contributed by atoms with van der Waals surface area (Å²) in [7, 11) is -1.41. The predicted molar refractivity (Wildman–Crippen MR) is 74.4 cm³/mol. The lowest BCUT2D eigenvalue weighted by Gasteiger charge is -2.04. The minimum absolute atomic E-state index is 0.312. The van der Waals surface area contributed by atoms with E-state index in [4.69, 9.17) is 18.0 Å². The van der Waals surface area contributed by atoms with Crippen molar-refractivity contribution in [3.8, 4) is 0 Å². The topological polar surface area (TPSA) is 80.9 Å². The number of nitrogens with two attached hydrogens (primary N) is 1. The Hall–Kier alpha value is -1.86. The van der Waals surface area contributed by atoms with Crippen LogP contribution in [0.4, 0.5) is 5.95 Å². The van der Waals surface area contributed by atoms with Crippen molar-refractivity contribution in [2.45, 2.75) is 4.90 Å². The lowest BCUT2D eigenvalue weighted by atomic mass is 10.2. The van der Waals surface area contributed by atoms with Gasteiger partial charge >= 0.3 is 0 Å². The van der Waals surface area contributed by atoms with Gasteiger partial charge in [-0.3, -0.25) is 4.72 Å². The third kappa shape index (κ3) is 3.08.